The minimum atomic E-state index is -0.750. The molecule has 19 heteroatoms. The van der Waals surface area contributed by atoms with Gasteiger partial charge in [0, 0.05) is 118 Å². The molecular formula is C46H86Cl2Mn2N10O5. The molecule has 4 fully saturated rings. The predicted octanol–water partition coefficient (Wildman–Crippen LogP) is 4.60. The van der Waals surface area contributed by atoms with Crippen LogP contribution in [0.2, 0.25) is 0 Å². The van der Waals surface area contributed by atoms with E-state index in [4.69, 9.17) is 50.3 Å². The van der Waals surface area contributed by atoms with E-state index in [1.165, 1.54) is 126 Å². The van der Waals surface area contributed by atoms with Gasteiger partial charge in [-0.15, -0.1) is 0 Å². The molecule has 4 heterocycles. The van der Waals surface area contributed by atoms with E-state index in [1.54, 1.807) is 0 Å². The molecular weight excluding hydrogens is 953 g/mol. The molecule has 4 saturated carbocycles. The van der Waals surface area contributed by atoms with Crippen molar-refractivity contribution in [1.82, 2.24) is 52.5 Å². The van der Waals surface area contributed by atoms with Gasteiger partial charge in [0.15, 0.2) is 0 Å². The molecule has 15 nitrogen and oxygen atoms in total. The van der Waals surface area contributed by atoms with Crippen molar-refractivity contribution >= 4 is 26.7 Å². The van der Waals surface area contributed by atoms with Gasteiger partial charge >= 0.3 is 33.3 Å². The first-order valence-electron chi connectivity index (χ1n) is 22.9. The zero-order valence-electron chi connectivity index (χ0n) is 37.0. The summed E-state index contributed by atoms with van der Waals surface area (Å²) in [7, 11) is 9.59. The van der Waals surface area contributed by atoms with Crippen molar-refractivity contribution in [2.75, 3.05) is 33.0 Å². The third kappa shape index (κ3) is 24.9. The van der Waals surface area contributed by atoms with E-state index in [2.05, 4.69) is 78.9 Å². The van der Waals surface area contributed by atoms with Crippen molar-refractivity contribution in [2.24, 2.45) is 0 Å². The number of pyridine rings is 2. The first-order valence-corrected chi connectivity index (χ1v) is 26.2. The number of aliphatic hydroxyl groups is 2. The summed E-state index contributed by atoms with van der Waals surface area (Å²) in [5.74, 6) is 0. The summed E-state index contributed by atoms with van der Waals surface area (Å²) < 4.78 is 0. The number of rotatable bonds is 0. The van der Waals surface area contributed by atoms with E-state index >= 15 is 0 Å². The first kappa shape index (κ1) is 63.9. The van der Waals surface area contributed by atoms with Crippen LogP contribution >= 0.6 is 20.2 Å². The molecule has 4 unspecified atom stereocenters. The van der Waals surface area contributed by atoms with Crippen molar-refractivity contribution in [3.05, 3.63) is 59.2 Å². The molecule has 0 aromatic carbocycles. The smallest absolute Gasteiger partial charge is 0.0545 e. The van der Waals surface area contributed by atoms with Gasteiger partial charge in [0.2, 0.25) is 0 Å². The van der Waals surface area contributed by atoms with Crippen LogP contribution in [0.1, 0.15) is 140 Å². The topological polar surface area (TPSA) is 231 Å². The number of nitrogens with zero attached hydrogens (tertiary/aromatic N) is 2. The van der Waals surface area contributed by atoms with Gasteiger partial charge in [-0.3, -0.25) is 14.8 Å². The summed E-state index contributed by atoms with van der Waals surface area (Å²) in [6.07, 6.45) is 21.0. The quantitative estimate of drug-likeness (QED) is 0.0985. The van der Waals surface area contributed by atoms with Gasteiger partial charge in [-0.25, -0.2) is 0 Å². The maximum absolute atomic E-state index is 8.36. The van der Waals surface area contributed by atoms with Gasteiger partial charge in [-0.05, 0) is 75.6 Å². The normalized spacial score (nSPS) is 27.9. The van der Waals surface area contributed by atoms with Crippen LogP contribution in [0.4, 0.5) is 0 Å². The molecule has 8 atom stereocenters. The molecule has 1 radical (unpaired) electrons. The number of hydrogen-bond acceptors (Lipinski definition) is 13. The number of nitrogens with one attached hydrogen (secondary N) is 8. The number of hydrogen-bond donors (Lipinski definition) is 11. The van der Waals surface area contributed by atoms with Crippen molar-refractivity contribution < 1.29 is 55.8 Å². The Morgan fingerprint density at radius 3 is 0.846 bits per heavy atom. The zero-order valence-corrected chi connectivity index (χ0v) is 40.9. The predicted molar refractivity (Wildman–Crippen MR) is 259 cm³/mol. The second-order valence-electron chi connectivity index (χ2n) is 16.9. The first-order chi connectivity index (χ1) is 30.0. The molecule has 378 valence electrons. The maximum atomic E-state index is 8.36. The minimum Gasteiger partial charge on any atom is -0.311 e. The van der Waals surface area contributed by atoms with Crippen LogP contribution in [0.5, 0.6) is 0 Å². The molecule has 6 aliphatic rings. The Kier molecular flexibility index (Phi) is 39.1. The summed E-state index contributed by atoms with van der Waals surface area (Å²) in [5, 5.41) is 51.6. The van der Waals surface area contributed by atoms with Crippen LogP contribution in [-0.4, -0.2) is 119 Å². The van der Waals surface area contributed by atoms with Gasteiger partial charge in [0.1, 0.15) is 6.79 Å². The Morgan fingerprint density at radius 1 is 0.492 bits per heavy atom. The number of aromatic nitrogens is 2. The summed E-state index contributed by atoms with van der Waals surface area (Å²) >= 11 is 0.00694. The van der Waals surface area contributed by atoms with Crippen LogP contribution in [0, 0.1) is 0 Å². The summed E-state index contributed by atoms with van der Waals surface area (Å²) in [4.78, 5) is 18.1. The van der Waals surface area contributed by atoms with Crippen molar-refractivity contribution in [3.8, 4) is 0 Å². The number of carbonyl (C=O) groups is 1. The van der Waals surface area contributed by atoms with Gasteiger partial charge < -0.3 is 63.3 Å². The molecule has 4 bridgehead atoms. The van der Waals surface area contributed by atoms with Crippen LogP contribution < -0.4 is 42.5 Å². The van der Waals surface area contributed by atoms with Gasteiger partial charge in [0.05, 0.1) is 22.8 Å². The Morgan fingerprint density at radius 2 is 0.662 bits per heavy atom. The van der Waals surface area contributed by atoms with E-state index in [9.17, 15) is 0 Å². The van der Waals surface area contributed by atoms with Crippen molar-refractivity contribution in [3.63, 3.8) is 0 Å². The SMILES string of the molecule is C.C.O.O=CO.OCO.[Cl][Mn][Cl].[Mn].c1cc2nc(c1)CN[C@@H]1CCCCC1NCCNC1CCCC[C@H]1NC2.c1cc2nc(c1)CN[C@@H]1CCCCC1NCCNC1CCCC[C@H]1NC2. The average molecular weight is 1040 g/mol. The molecule has 0 saturated heterocycles. The number of halogens is 2. The Hall–Kier alpha value is -1.05. The second-order valence-corrected chi connectivity index (χ2v) is 18.8. The fraction of sp³-hybridized carbons (Fsp3) is 0.761. The van der Waals surface area contributed by atoms with Crippen LogP contribution in [0.3, 0.4) is 0 Å². The van der Waals surface area contributed by atoms with E-state index in [0.717, 1.165) is 52.4 Å². The van der Waals surface area contributed by atoms with E-state index < -0.39 is 6.79 Å². The molecule has 13 N–H and O–H groups in total. The zero-order chi connectivity index (χ0) is 43.3. The van der Waals surface area contributed by atoms with Crippen LogP contribution in [0.15, 0.2) is 36.4 Å². The molecule has 2 aromatic rings. The fourth-order valence-corrected chi connectivity index (χ4v) is 9.90. The van der Waals surface area contributed by atoms with E-state index in [-0.39, 0.29) is 57.0 Å². The van der Waals surface area contributed by atoms with Crippen LogP contribution in [-0.2, 0) is 61.2 Å². The van der Waals surface area contributed by atoms with Gasteiger partial charge in [-0.2, -0.15) is 0 Å². The van der Waals surface area contributed by atoms with Crippen LogP contribution in [0.25, 0.3) is 0 Å². The molecule has 65 heavy (non-hydrogen) atoms. The van der Waals surface area contributed by atoms with Crippen molar-refractivity contribution in [1.29, 1.82) is 0 Å². The average Bonchev–Trinajstić information content (AvgIpc) is 3.29. The molecule has 4 aliphatic carbocycles. The molecule has 2 aliphatic heterocycles. The summed E-state index contributed by atoms with van der Waals surface area (Å²) in [6.45, 7) is 6.77. The minimum absolute atomic E-state index is 0. The van der Waals surface area contributed by atoms with E-state index in [0.29, 0.717) is 48.3 Å². The van der Waals surface area contributed by atoms with Crippen molar-refractivity contribution in [2.45, 2.75) is 192 Å². The molecule has 8 rings (SSSR count). The van der Waals surface area contributed by atoms with Gasteiger partial charge in [0.25, 0.3) is 6.47 Å². The van der Waals surface area contributed by atoms with Gasteiger partial charge in [-0.1, -0.05) is 78.4 Å². The third-order valence-electron chi connectivity index (χ3n) is 12.9. The third-order valence-corrected chi connectivity index (χ3v) is 12.9. The summed E-state index contributed by atoms with van der Waals surface area (Å²) in [5.41, 5.74) is 4.67. The Bertz CT molecular complexity index is 1260. The summed E-state index contributed by atoms with van der Waals surface area (Å²) in [6, 6.07) is 17.6. The Labute approximate surface area is 416 Å². The molecule has 2 aromatic heterocycles. The maximum Gasteiger partial charge on any atom is 0.0545 e. The number of carboxylic acid groups (broad SMARTS) is 1. The number of fused-ring (bicyclic) bond motifs is 8. The largest absolute Gasteiger partial charge is 0.311 e. The monoisotopic (exact) mass is 1040 g/mol. The number of aliphatic hydroxyl groups excluding tert-OH is 1. The standard InChI is InChI=1S/2C21H35N5.CH4O2.CH2O2.2CH4.2ClH.2Mn.H2O/c2*1-3-10-20-18(8-1)22-12-13-23-19-9-2-4-11-21(19)25-15-17-7-5-6-16(26-17)14-24-20;2*2-1-3;;;;;;;/h2*5-7,18-25H,1-4,8-15H2;2-3H,1H2;1H,(H,2,3);2*1H4;2*1H;;;1H2/q;;;;;;;;;+2;/p-2/t2*18?,19?,20-,21-;;;;;;;;;/m11........./s1. The van der Waals surface area contributed by atoms with E-state index in [1.807, 2.05) is 0 Å². The molecule has 0 spiro atoms. The second kappa shape index (κ2) is 39.8. The molecule has 0 amide bonds. The Balaban J connectivity index is 0.00000101. The fourth-order valence-electron chi connectivity index (χ4n) is 9.90.